The Morgan fingerprint density at radius 1 is 1.09 bits per heavy atom. The maximum atomic E-state index is 13.7. The Morgan fingerprint density at radius 2 is 1.88 bits per heavy atom. The topological polar surface area (TPSA) is 75.4 Å². The van der Waals surface area contributed by atoms with Crippen molar-refractivity contribution in [2.24, 2.45) is 5.92 Å². The molecule has 1 amide bonds. The molecule has 1 atom stereocenters. The lowest BCUT2D eigenvalue weighted by Crippen LogP contribution is -2.42. The van der Waals surface area contributed by atoms with E-state index in [2.05, 4.69) is 20.6 Å². The third kappa shape index (κ3) is 4.35. The molecule has 174 valence electrons. The van der Waals surface area contributed by atoms with Gasteiger partial charge in [-0.25, -0.2) is 4.39 Å². The van der Waals surface area contributed by atoms with Gasteiger partial charge in [-0.2, -0.15) is 17.7 Å². The first-order chi connectivity index (χ1) is 15.8. The Bertz CT molecular complexity index is 1190. The number of carbonyl (C=O) groups excluding carboxylic acids is 1. The molecular weight excluding hydrogens is 460 g/mol. The van der Waals surface area contributed by atoms with Gasteiger partial charge >= 0.3 is 6.18 Å². The minimum atomic E-state index is -4.66. The number of alkyl halides is 3. The van der Waals surface area contributed by atoms with E-state index in [1.807, 2.05) is 4.90 Å². The molecule has 2 aliphatic rings. The van der Waals surface area contributed by atoms with Crippen molar-refractivity contribution in [3.05, 3.63) is 47.5 Å². The number of anilines is 1. The maximum absolute atomic E-state index is 13.7. The highest BCUT2D eigenvalue weighted by Gasteiger charge is 2.38. The predicted octanol–water partition coefficient (Wildman–Crippen LogP) is 3.85. The van der Waals surface area contributed by atoms with Crippen molar-refractivity contribution in [1.82, 2.24) is 25.1 Å². The first-order valence-electron chi connectivity index (χ1n) is 10.6. The zero-order chi connectivity index (χ0) is 23.2. The molecule has 7 nitrogen and oxygen atoms in total. The molecule has 0 spiro atoms. The van der Waals surface area contributed by atoms with Gasteiger partial charge in [0, 0.05) is 29.7 Å². The molecule has 2 aliphatic heterocycles. The lowest BCUT2D eigenvalue weighted by Gasteiger charge is -2.33. The molecule has 12 heteroatoms. The van der Waals surface area contributed by atoms with Crippen molar-refractivity contribution < 1.29 is 22.4 Å². The Morgan fingerprint density at radius 3 is 2.64 bits per heavy atom. The van der Waals surface area contributed by atoms with E-state index in [0.29, 0.717) is 36.3 Å². The molecule has 5 rings (SSSR count). The van der Waals surface area contributed by atoms with Gasteiger partial charge in [0.1, 0.15) is 11.6 Å². The minimum Gasteiger partial charge on any atom is -0.355 e. The summed E-state index contributed by atoms with van der Waals surface area (Å²) in [6.07, 6.45) is -2.85. The van der Waals surface area contributed by atoms with Gasteiger partial charge in [0.05, 0.1) is 6.04 Å². The number of hydrogen-bond acceptors (Lipinski definition) is 6. The number of nitrogens with one attached hydrogen (secondary N) is 1. The molecule has 1 aromatic carbocycles. The molecule has 3 aromatic rings. The molecule has 2 aromatic heterocycles. The zero-order valence-electron chi connectivity index (χ0n) is 17.3. The number of fused-ring (bicyclic) bond motifs is 2. The number of piperidine rings is 1. The monoisotopic (exact) mass is 480 g/mol. The molecule has 0 saturated carbocycles. The normalized spacial score (nSPS) is 19.5. The second-order valence-electron chi connectivity index (χ2n) is 8.12. The highest BCUT2D eigenvalue weighted by Crippen LogP contribution is 2.37. The number of aromatic nitrogens is 4. The zero-order valence-corrected chi connectivity index (χ0v) is 18.2. The van der Waals surface area contributed by atoms with E-state index < -0.39 is 12.0 Å². The van der Waals surface area contributed by atoms with Crippen LogP contribution >= 0.6 is 11.8 Å². The third-order valence-electron chi connectivity index (χ3n) is 6.02. The summed E-state index contributed by atoms with van der Waals surface area (Å²) in [6.45, 7) is 0.956. The summed E-state index contributed by atoms with van der Waals surface area (Å²) in [4.78, 5) is 15.7. The number of rotatable bonds is 3. The number of halogens is 4. The van der Waals surface area contributed by atoms with Crippen LogP contribution in [0.3, 0.4) is 0 Å². The fourth-order valence-corrected chi connectivity index (χ4v) is 5.41. The highest BCUT2D eigenvalue weighted by atomic mass is 32.2. The summed E-state index contributed by atoms with van der Waals surface area (Å²) in [7, 11) is 0. The number of thioether (sulfide) groups is 1. The van der Waals surface area contributed by atoms with Gasteiger partial charge in [-0.05, 0) is 55.2 Å². The van der Waals surface area contributed by atoms with Crippen molar-refractivity contribution in [2.75, 3.05) is 23.7 Å². The van der Waals surface area contributed by atoms with Crippen molar-refractivity contribution >= 4 is 29.1 Å². The van der Waals surface area contributed by atoms with Gasteiger partial charge in [-0.1, -0.05) is 0 Å². The van der Waals surface area contributed by atoms with Crippen LogP contribution in [0.2, 0.25) is 0 Å². The molecule has 33 heavy (non-hydrogen) atoms. The van der Waals surface area contributed by atoms with Crippen LogP contribution in [-0.2, 0) is 11.0 Å². The quantitative estimate of drug-likeness (QED) is 0.574. The maximum Gasteiger partial charge on any atom is 0.453 e. The summed E-state index contributed by atoms with van der Waals surface area (Å²) in [5.41, 5.74) is 0.826. The summed E-state index contributed by atoms with van der Waals surface area (Å²) >= 11 is 1.65. The van der Waals surface area contributed by atoms with E-state index >= 15 is 0 Å². The van der Waals surface area contributed by atoms with Crippen LogP contribution in [0.1, 0.15) is 36.7 Å². The second kappa shape index (κ2) is 8.47. The lowest BCUT2D eigenvalue weighted by molar-refractivity contribution is -0.146. The molecule has 1 saturated heterocycles. The molecule has 0 aliphatic carbocycles. The van der Waals surface area contributed by atoms with Crippen LogP contribution in [0, 0.1) is 11.7 Å². The van der Waals surface area contributed by atoms with Crippen molar-refractivity contribution in [3.63, 3.8) is 0 Å². The Kier molecular flexibility index (Phi) is 5.63. The minimum absolute atomic E-state index is 0.0164. The van der Waals surface area contributed by atoms with E-state index in [-0.39, 0.29) is 29.3 Å². The highest BCUT2D eigenvalue weighted by molar-refractivity contribution is 7.99. The Balaban J connectivity index is 1.25. The number of carbonyl (C=O) groups is 1. The molecular formula is C21H20F4N6OS. The summed E-state index contributed by atoms with van der Waals surface area (Å²) in [5.74, 6) is -0.578. The van der Waals surface area contributed by atoms with Crippen LogP contribution < -0.4 is 10.2 Å². The van der Waals surface area contributed by atoms with E-state index in [4.69, 9.17) is 0 Å². The number of nitrogens with zero attached hydrogens (tertiary/aromatic N) is 5. The number of benzene rings is 1. The van der Waals surface area contributed by atoms with Crippen molar-refractivity contribution in [2.45, 2.75) is 36.4 Å². The third-order valence-corrected chi connectivity index (χ3v) is 7.14. The molecule has 0 radical (unpaired) electrons. The summed E-state index contributed by atoms with van der Waals surface area (Å²) in [5, 5.41) is 13.9. The van der Waals surface area contributed by atoms with Crippen molar-refractivity contribution in [1.29, 1.82) is 0 Å². The largest absolute Gasteiger partial charge is 0.453 e. The number of hydrogen-bond donors (Lipinski definition) is 1. The molecule has 1 N–H and O–H groups in total. The standard InChI is InChI=1S/C21H20F4N6OS/c22-13-1-2-16-14(11-13)15(7-10-33-16)26-19(32)12-5-8-30(9-6-12)18-4-3-17-27-28-20(21(23,24)25)31(17)29-18/h1-4,11-12,15H,5-10H2,(H,26,32). The summed E-state index contributed by atoms with van der Waals surface area (Å²) < 4.78 is 53.8. The Labute approximate surface area is 190 Å². The van der Waals surface area contributed by atoms with Gasteiger partial charge in [0.2, 0.25) is 5.91 Å². The first-order valence-corrected chi connectivity index (χ1v) is 11.6. The van der Waals surface area contributed by atoms with Crippen LogP contribution in [0.15, 0.2) is 35.2 Å². The van der Waals surface area contributed by atoms with Crippen LogP contribution in [0.25, 0.3) is 5.65 Å². The van der Waals surface area contributed by atoms with Crippen molar-refractivity contribution in [3.8, 4) is 0 Å². The van der Waals surface area contributed by atoms with Crippen LogP contribution in [0.5, 0.6) is 0 Å². The van der Waals surface area contributed by atoms with E-state index in [1.165, 1.54) is 18.2 Å². The fourth-order valence-electron chi connectivity index (χ4n) is 4.30. The van der Waals surface area contributed by atoms with Gasteiger partial charge in [-0.15, -0.1) is 27.1 Å². The average molecular weight is 480 g/mol. The number of amides is 1. The lowest BCUT2D eigenvalue weighted by atomic mass is 9.94. The molecule has 1 fully saturated rings. The first kappa shape index (κ1) is 21.9. The predicted molar refractivity (Wildman–Crippen MR) is 113 cm³/mol. The van der Waals surface area contributed by atoms with E-state index in [1.54, 1.807) is 23.9 Å². The van der Waals surface area contributed by atoms with Gasteiger partial charge in [-0.3, -0.25) is 4.79 Å². The van der Waals surface area contributed by atoms with Crippen LogP contribution in [-0.4, -0.2) is 44.6 Å². The van der Waals surface area contributed by atoms with Gasteiger partial charge in [0.15, 0.2) is 5.65 Å². The van der Waals surface area contributed by atoms with Gasteiger partial charge in [0.25, 0.3) is 5.82 Å². The molecule has 1 unspecified atom stereocenters. The second-order valence-corrected chi connectivity index (χ2v) is 9.26. The smallest absolute Gasteiger partial charge is 0.355 e. The Hall–Kier alpha value is -2.89. The SMILES string of the molecule is O=C(NC1CCSc2ccc(F)cc21)C1CCN(c2ccc3nnc(C(F)(F)F)n3n2)CC1. The average Bonchev–Trinajstić information content (AvgIpc) is 3.23. The van der Waals surface area contributed by atoms with E-state index in [9.17, 15) is 22.4 Å². The summed E-state index contributed by atoms with van der Waals surface area (Å²) in [6, 6.07) is 7.49. The van der Waals surface area contributed by atoms with Crippen LogP contribution in [0.4, 0.5) is 23.4 Å². The van der Waals surface area contributed by atoms with Gasteiger partial charge < -0.3 is 10.2 Å². The molecule has 0 bridgehead atoms. The van der Waals surface area contributed by atoms with E-state index in [0.717, 1.165) is 22.6 Å². The molecule has 4 heterocycles. The fraction of sp³-hybridized carbons (Fsp3) is 0.429.